The quantitative estimate of drug-likeness (QED) is 0.751. The number of benzene rings is 1. The van der Waals surface area contributed by atoms with Crippen LogP contribution in [0.5, 0.6) is 0 Å². The van der Waals surface area contributed by atoms with Crippen molar-refractivity contribution >= 4 is 5.69 Å². The van der Waals surface area contributed by atoms with E-state index in [1.54, 1.807) is 0 Å². The normalized spacial score (nSPS) is 20.1. The molecule has 0 spiro atoms. The van der Waals surface area contributed by atoms with E-state index in [0.29, 0.717) is 6.04 Å². The van der Waals surface area contributed by atoms with E-state index in [0.717, 1.165) is 5.69 Å². The van der Waals surface area contributed by atoms with Gasteiger partial charge in [-0.25, -0.2) is 0 Å². The van der Waals surface area contributed by atoms with Crippen molar-refractivity contribution in [2.24, 2.45) is 0 Å². The summed E-state index contributed by atoms with van der Waals surface area (Å²) in [5.41, 5.74) is 8.21. The van der Waals surface area contributed by atoms with Gasteiger partial charge in [0.1, 0.15) is 0 Å². The van der Waals surface area contributed by atoms with Gasteiger partial charge in [-0.1, -0.05) is 24.6 Å². The maximum atomic E-state index is 6.00. The van der Waals surface area contributed by atoms with Crippen LogP contribution in [0.2, 0.25) is 0 Å². The molecule has 1 atom stereocenters. The van der Waals surface area contributed by atoms with Crippen LogP contribution in [0.3, 0.4) is 0 Å². The lowest BCUT2D eigenvalue weighted by atomic mass is 10.0. The summed E-state index contributed by atoms with van der Waals surface area (Å²) in [6, 6.07) is 8.68. The van der Waals surface area contributed by atoms with Gasteiger partial charge in [-0.2, -0.15) is 0 Å². The Morgan fingerprint density at radius 1 is 1.13 bits per heavy atom. The molecule has 2 nitrogen and oxygen atoms in total. The van der Waals surface area contributed by atoms with Gasteiger partial charge in [0.05, 0.1) is 0 Å². The van der Waals surface area contributed by atoms with Crippen LogP contribution >= 0.6 is 0 Å². The number of para-hydroxylation sites is 1. The number of rotatable bonds is 2. The van der Waals surface area contributed by atoms with Crippen LogP contribution in [0.15, 0.2) is 24.3 Å². The van der Waals surface area contributed by atoms with Crippen molar-refractivity contribution in [3.63, 3.8) is 0 Å². The van der Waals surface area contributed by atoms with E-state index in [1.807, 2.05) is 12.1 Å². The highest BCUT2D eigenvalue weighted by molar-refractivity contribution is 5.47. The molecule has 1 aliphatic rings. The van der Waals surface area contributed by atoms with Gasteiger partial charge in [0, 0.05) is 11.7 Å². The standard InChI is InChI=1S/C13H20N2/c1-11(15-9-5-2-6-10-15)12-7-3-4-8-13(12)14/h3-4,7-8,11H,2,5-6,9-10,14H2,1H3. The lowest BCUT2D eigenvalue weighted by Crippen LogP contribution is -2.32. The number of hydrogen-bond acceptors (Lipinski definition) is 2. The molecule has 1 heterocycles. The first-order valence-corrected chi connectivity index (χ1v) is 5.87. The van der Waals surface area contributed by atoms with Crippen LogP contribution in [0, 0.1) is 0 Å². The maximum absolute atomic E-state index is 6.00. The van der Waals surface area contributed by atoms with E-state index in [9.17, 15) is 0 Å². The first kappa shape index (κ1) is 10.5. The van der Waals surface area contributed by atoms with Crippen LogP contribution in [-0.2, 0) is 0 Å². The van der Waals surface area contributed by atoms with Crippen molar-refractivity contribution in [2.75, 3.05) is 18.8 Å². The molecule has 2 rings (SSSR count). The molecule has 1 aliphatic heterocycles. The molecule has 0 amide bonds. The smallest absolute Gasteiger partial charge is 0.0362 e. The molecule has 0 radical (unpaired) electrons. The number of nitrogens with two attached hydrogens (primary N) is 1. The summed E-state index contributed by atoms with van der Waals surface area (Å²) in [4.78, 5) is 2.54. The van der Waals surface area contributed by atoms with Crippen molar-refractivity contribution in [1.29, 1.82) is 0 Å². The minimum atomic E-state index is 0.464. The van der Waals surface area contributed by atoms with Crippen molar-refractivity contribution in [1.82, 2.24) is 4.90 Å². The predicted molar refractivity (Wildman–Crippen MR) is 64.7 cm³/mol. The molecular weight excluding hydrogens is 184 g/mol. The number of nitrogens with zero attached hydrogens (tertiary/aromatic N) is 1. The van der Waals surface area contributed by atoms with Gasteiger partial charge in [0.15, 0.2) is 0 Å². The SMILES string of the molecule is CC(c1ccccc1N)N1CCCCC1. The summed E-state index contributed by atoms with van der Waals surface area (Å²) >= 11 is 0. The van der Waals surface area contributed by atoms with Gasteiger partial charge in [0.2, 0.25) is 0 Å². The van der Waals surface area contributed by atoms with E-state index in [2.05, 4.69) is 24.0 Å². The third kappa shape index (κ3) is 2.32. The molecule has 0 aromatic heterocycles. The topological polar surface area (TPSA) is 29.3 Å². The predicted octanol–water partition coefficient (Wildman–Crippen LogP) is 2.82. The second-order valence-electron chi connectivity index (χ2n) is 4.40. The summed E-state index contributed by atoms with van der Waals surface area (Å²) in [6.45, 7) is 4.70. The number of likely N-dealkylation sites (tertiary alicyclic amines) is 1. The Hall–Kier alpha value is -1.02. The highest BCUT2D eigenvalue weighted by atomic mass is 15.2. The monoisotopic (exact) mass is 204 g/mol. The Kier molecular flexibility index (Phi) is 3.27. The Balaban J connectivity index is 2.12. The number of nitrogen functional groups attached to an aromatic ring is 1. The van der Waals surface area contributed by atoms with Gasteiger partial charge < -0.3 is 5.73 Å². The van der Waals surface area contributed by atoms with E-state index in [1.165, 1.54) is 37.9 Å². The summed E-state index contributed by atoms with van der Waals surface area (Å²) in [5.74, 6) is 0. The van der Waals surface area contributed by atoms with Crippen molar-refractivity contribution < 1.29 is 0 Å². The average Bonchev–Trinajstić information content (AvgIpc) is 2.30. The highest BCUT2D eigenvalue weighted by Gasteiger charge is 2.19. The molecular formula is C13H20N2. The molecule has 0 bridgehead atoms. The van der Waals surface area contributed by atoms with Gasteiger partial charge in [-0.3, -0.25) is 4.90 Å². The van der Waals surface area contributed by atoms with Gasteiger partial charge in [-0.15, -0.1) is 0 Å². The fraction of sp³-hybridized carbons (Fsp3) is 0.538. The largest absolute Gasteiger partial charge is 0.398 e. The number of piperidine rings is 1. The lowest BCUT2D eigenvalue weighted by Gasteiger charge is -2.33. The fourth-order valence-electron chi connectivity index (χ4n) is 2.39. The molecule has 1 saturated heterocycles. The van der Waals surface area contributed by atoms with Crippen molar-refractivity contribution in [3.05, 3.63) is 29.8 Å². The van der Waals surface area contributed by atoms with Crippen LogP contribution in [0.1, 0.15) is 37.8 Å². The summed E-state index contributed by atoms with van der Waals surface area (Å²) < 4.78 is 0. The minimum Gasteiger partial charge on any atom is -0.398 e. The molecule has 1 aromatic carbocycles. The third-order valence-corrected chi connectivity index (χ3v) is 3.38. The molecule has 82 valence electrons. The van der Waals surface area contributed by atoms with Crippen LogP contribution in [-0.4, -0.2) is 18.0 Å². The van der Waals surface area contributed by atoms with Crippen molar-refractivity contribution in [2.45, 2.75) is 32.2 Å². The zero-order chi connectivity index (χ0) is 10.7. The molecule has 1 aromatic rings. The summed E-state index contributed by atoms with van der Waals surface area (Å²) in [7, 11) is 0. The van der Waals surface area contributed by atoms with E-state index >= 15 is 0 Å². The minimum absolute atomic E-state index is 0.464. The zero-order valence-electron chi connectivity index (χ0n) is 9.45. The number of anilines is 1. The van der Waals surface area contributed by atoms with Crippen LogP contribution < -0.4 is 5.73 Å². The Bertz CT molecular complexity index is 316. The fourth-order valence-corrected chi connectivity index (χ4v) is 2.39. The second kappa shape index (κ2) is 4.67. The summed E-state index contributed by atoms with van der Waals surface area (Å²) in [5, 5.41) is 0. The zero-order valence-corrected chi connectivity index (χ0v) is 9.45. The maximum Gasteiger partial charge on any atom is 0.0362 e. The van der Waals surface area contributed by atoms with Crippen LogP contribution in [0.4, 0.5) is 5.69 Å². The lowest BCUT2D eigenvalue weighted by molar-refractivity contribution is 0.175. The van der Waals surface area contributed by atoms with E-state index in [-0.39, 0.29) is 0 Å². The average molecular weight is 204 g/mol. The van der Waals surface area contributed by atoms with E-state index in [4.69, 9.17) is 5.73 Å². The molecule has 0 saturated carbocycles. The molecule has 0 aliphatic carbocycles. The highest BCUT2D eigenvalue weighted by Crippen LogP contribution is 2.27. The first-order valence-electron chi connectivity index (χ1n) is 5.87. The molecule has 2 N–H and O–H groups in total. The van der Waals surface area contributed by atoms with Crippen LogP contribution in [0.25, 0.3) is 0 Å². The van der Waals surface area contributed by atoms with Crippen molar-refractivity contribution in [3.8, 4) is 0 Å². The Morgan fingerprint density at radius 2 is 1.80 bits per heavy atom. The summed E-state index contributed by atoms with van der Waals surface area (Å²) in [6.07, 6.45) is 4.04. The molecule has 1 unspecified atom stereocenters. The van der Waals surface area contributed by atoms with E-state index < -0.39 is 0 Å². The van der Waals surface area contributed by atoms with Gasteiger partial charge in [0.25, 0.3) is 0 Å². The molecule has 2 heteroatoms. The molecule has 1 fully saturated rings. The van der Waals surface area contributed by atoms with Gasteiger partial charge >= 0.3 is 0 Å². The second-order valence-corrected chi connectivity index (χ2v) is 4.40. The van der Waals surface area contributed by atoms with Gasteiger partial charge in [-0.05, 0) is 44.5 Å². The Labute approximate surface area is 92.1 Å². The molecule has 15 heavy (non-hydrogen) atoms. The third-order valence-electron chi connectivity index (χ3n) is 3.38. The first-order chi connectivity index (χ1) is 7.29. The Morgan fingerprint density at radius 3 is 2.47 bits per heavy atom. The number of hydrogen-bond donors (Lipinski definition) is 1.